The van der Waals surface area contributed by atoms with Crippen molar-refractivity contribution in [3.05, 3.63) is 17.8 Å². The maximum absolute atomic E-state index is 14.9. The van der Waals surface area contributed by atoms with Crippen LogP contribution in [0.2, 0.25) is 0 Å². The van der Waals surface area contributed by atoms with E-state index in [0.29, 0.717) is 50.0 Å². The molecule has 9 heteroatoms. The summed E-state index contributed by atoms with van der Waals surface area (Å²) in [6.07, 6.45) is 5.12. The predicted molar refractivity (Wildman–Crippen MR) is 126 cm³/mol. The van der Waals surface area contributed by atoms with Gasteiger partial charge in [0, 0.05) is 6.54 Å². The average Bonchev–Trinajstić information content (AvgIpc) is 3.72. The summed E-state index contributed by atoms with van der Waals surface area (Å²) in [5.41, 5.74) is -1.40. The van der Waals surface area contributed by atoms with Crippen LogP contribution in [0.3, 0.4) is 0 Å². The zero-order valence-corrected chi connectivity index (χ0v) is 20.2. The SMILES string of the molecule is CCC(CC)(NC(=O)c1ccc(N2CC(F)(C3CC3)C2)c(OCC2CC2)n1)C(=O)NCCCF. The van der Waals surface area contributed by atoms with E-state index in [4.69, 9.17) is 4.74 Å². The third-order valence-corrected chi connectivity index (χ3v) is 7.37. The van der Waals surface area contributed by atoms with Crippen LogP contribution in [0, 0.1) is 11.8 Å². The number of amides is 2. The Balaban J connectivity index is 1.48. The van der Waals surface area contributed by atoms with Gasteiger partial charge in [-0.15, -0.1) is 0 Å². The Hall–Kier alpha value is -2.45. The fraction of sp³-hybridized carbons (Fsp3) is 0.720. The second-order valence-corrected chi connectivity index (χ2v) is 9.98. The molecule has 0 aromatic carbocycles. The van der Waals surface area contributed by atoms with Crippen LogP contribution in [0.25, 0.3) is 0 Å². The van der Waals surface area contributed by atoms with Crippen molar-refractivity contribution in [3.8, 4) is 5.88 Å². The maximum atomic E-state index is 14.9. The Morgan fingerprint density at radius 3 is 2.50 bits per heavy atom. The van der Waals surface area contributed by atoms with Crippen molar-refractivity contribution in [3.63, 3.8) is 0 Å². The van der Waals surface area contributed by atoms with Crippen LogP contribution < -0.4 is 20.3 Å². The highest BCUT2D eigenvalue weighted by Crippen LogP contribution is 2.49. The van der Waals surface area contributed by atoms with Crippen molar-refractivity contribution >= 4 is 17.5 Å². The molecule has 0 atom stereocenters. The van der Waals surface area contributed by atoms with Crippen LogP contribution in [0.4, 0.5) is 14.5 Å². The maximum Gasteiger partial charge on any atom is 0.270 e. The molecule has 3 fully saturated rings. The molecule has 2 heterocycles. The van der Waals surface area contributed by atoms with Crippen molar-refractivity contribution in [1.82, 2.24) is 15.6 Å². The molecule has 7 nitrogen and oxygen atoms in total. The number of carbonyl (C=O) groups is 2. The fourth-order valence-corrected chi connectivity index (χ4v) is 4.53. The minimum absolute atomic E-state index is 0.145. The summed E-state index contributed by atoms with van der Waals surface area (Å²) < 4.78 is 33.3. The van der Waals surface area contributed by atoms with Gasteiger partial charge >= 0.3 is 0 Å². The number of hydrogen-bond acceptors (Lipinski definition) is 5. The van der Waals surface area contributed by atoms with E-state index >= 15 is 0 Å². The van der Waals surface area contributed by atoms with Crippen LogP contribution in [0.5, 0.6) is 5.88 Å². The molecule has 1 aliphatic heterocycles. The number of aromatic nitrogens is 1. The number of carbonyl (C=O) groups excluding carboxylic acids is 2. The number of ether oxygens (including phenoxy) is 1. The summed E-state index contributed by atoms with van der Waals surface area (Å²) in [6.45, 7) is 4.51. The number of halogens is 2. The fourth-order valence-electron chi connectivity index (χ4n) is 4.53. The monoisotopic (exact) mass is 478 g/mol. The first kappa shape index (κ1) is 24.7. The van der Waals surface area contributed by atoms with E-state index in [1.807, 2.05) is 18.7 Å². The number of anilines is 1. The smallest absolute Gasteiger partial charge is 0.270 e. The first-order valence-electron chi connectivity index (χ1n) is 12.6. The predicted octanol–water partition coefficient (Wildman–Crippen LogP) is 3.57. The van der Waals surface area contributed by atoms with E-state index in [1.165, 1.54) is 0 Å². The number of nitrogens with one attached hydrogen (secondary N) is 2. The largest absolute Gasteiger partial charge is 0.476 e. The van der Waals surface area contributed by atoms with Gasteiger partial charge in [0.1, 0.15) is 22.6 Å². The molecule has 3 aliphatic rings. The summed E-state index contributed by atoms with van der Waals surface area (Å²) in [5, 5.41) is 5.57. The summed E-state index contributed by atoms with van der Waals surface area (Å²) in [4.78, 5) is 32.4. The van der Waals surface area contributed by atoms with Gasteiger partial charge in [-0.25, -0.2) is 9.37 Å². The van der Waals surface area contributed by atoms with Gasteiger partial charge in [0.25, 0.3) is 5.91 Å². The lowest BCUT2D eigenvalue weighted by atomic mass is 9.90. The van der Waals surface area contributed by atoms with E-state index in [9.17, 15) is 18.4 Å². The van der Waals surface area contributed by atoms with Crippen molar-refractivity contribution in [2.75, 3.05) is 37.8 Å². The lowest BCUT2D eigenvalue weighted by molar-refractivity contribution is -0.127. The van der Waals surface area contributed by atoms with E-state index < -0.39 is 23.8 Å². The molecule has 2 saturated carbocycles. The van der Waals surface area contributed by atoms with Gasteiger partial charge in [-0.3, -0.25) is 14.0 Å². The highest BCUT2D eigenvalue weighted by Gasteiger charge is 2.54. The minimum atomic E-state index is -1.14. The third-order valence-electron chi connectivity index (χ3n) is 7.37. The molecule has 0 unspecified atom stereocenters. The molecule has 188 valence electrons. The number of alkyl halides is 2. The Bertz CT molecular complexity index is 894. The molecule has 0 bridgehead atoms. The Morgan fingerprint density at radius 2 is 1.91 bits per heavy atom. The van der Waals surface area contributed by atoms with Gasteiger partial charge < -0.3 is 20.3 Å². The number of hydrogen-bond donors (Lipinski definition) is 2. The minimum Gasteiger partial charge on any atom is -0.476 e. The normalized spacial score (nSPS) is 19.4. The summed E-state index contributed by atoms with van der Waals surface area (Å²) in [7, 11) is 0. The van der Waals surface area contributed by atoms with Crippen molar-refractivity contribution in [2.24, 2.45) is 11.8 Å². The van der Waals surface area contributed by atoms with E-state index in [0.717, 1.165) is 25.7 Å². The molecule has 34 heavy (non-hydrogen) atoms. The van der Waals surface area contributed by atoms with Crippen LogP contribution in [0.15, 0.2) is 12.1 Å². The van der Waals surface area contributed by atoms with Crippen LogP contribution in [-0.4, -0.2) is 60.9 Å². The van der Waals surface area contributed by atoms with E-state index in [1.54, 1.807) is 12.1 Å². The summed E-state index contributed by atoms with van der Waals surface area (Å²) in [5.74, 6) is 0.180. The molecule has 1 saturated heterocycles. The zero-order valence-electron chi connectivity index (χ0n) is 20.2. The van der Waals surface area contributed by atoms with E-state index in [2.05, 4.69) is 15.6 Å². The van der Waals surface area contributed by atoms with Crippen molar-refractivity contribution < 1.29 is 23.1 Å². The molecule has 4 rings (SSSR count). The second kappa shape index (κ2) is 10.0. The number of nitrogens with zero attached hydrogens (tertiary/aromatic N) is 2. The molecule has 2 amide bonds. The topological polar surface area (TPSA) is 83.6 Å². The Morgan fingerprint density at radius 1 is 1.21 bits per heavy atom. The van der Waals surface area contributed by atoms with Gasteiger partial charge in [-0.1, -0.05) is 13.8 Å². The lowest BCUT2D eigenvalue weighted by Gasteiger charge is -2.46. The standard InChI is InChI=1S/C25H36F2N4O3/c1-3-25(4-2,23(33)28-13-5-12-26)30-21(32)19-10-11-20(22(29-19)34-14-17-6-7-17)31-15-24(27,16-31)18-8-9-18/h10-11,17-18H,3-9,12-16H2,1-2H3,(H,28,33)(H,30,32). The number of rotatable bonds is 13. The van der Waals surface area contributed by atoms with Crippen molar-refractivity contribution in [2.45, 2.75) is 70.0 Å². The summed E-state index contributed by atoms with van der Waals surface area (Å²) >= 11 is 0. The first-order valence-corrected chi connectivity index (χ1v) is 12.6. The van der Waals surface area contributed by atoms with Crippen molar-refractivity contribution in [1.29, 1.82) is 0 Å². The highest BCUT2D eigenvalue weighted by molar-refractivity contribution is 5.98. The van der Waals surface area contributed by atoms with Gasteiger partial charge in [-0.05, 0) is 68.9 Å². The van der Waals surface area contributed by atoms with Crippen LogP contribution in [-0.2, 0) is 4.79 Å². The molecule has 0 spiro atoms. The number of pyridine rings is 1. The zero-order chi connectivity index (χ0) is 24.3. The highest BCUT2D eigenvalue weighted by atomic mass is 19.1. The van der Waals surface area contributed by atoms with Crippen LogP contribution in [0.1, 0.15) is 69.3 Å². The molecule has 1 aromatic rings. The Labute approximate surface area is 200 Å². The van der Waals surface area contributed by atoms with E-state index in [-0.39, 0.29) is 30.5 Å². The van der Waals surface area contributed by atoms with Gasteiger partial charge in [-0.2, -0.15) is 0 Å². The Kier molecular flexibility index (Phi) is 7.28. The molecule has 2 aliphatic carbocycles. The third kappa shape index (κ3) is 5.28. The molecule has 2 N–H and O–H groups in total. The summed E-state index contributed by atoms with van der Waals surface area (Å²) in [6, 6.07) is 3.36. The molecule has 1 aromatic heterocycles. The quantitative estimate of drug-likeness (QED) is 0.424. The van der Waals surface area contributed by atoms with Crippen LogP contribution >= 0.6 is 0 Å². The molecule has 0 radical (unpaired) electrons. The first-order chi connectivity index (χ1) is 16.3. The van der Waals surface area contributed by atoms with Gasteiger partial charge in [0.2, 0.25) is 11.8 Å². The van der Waals surface area contributed by atoms with Gasteiger partial charge in [0.15, 0.2) is 0 Å². The molecular weight excluding hydrogens is 442 g/mol. The van der Waals surface area contributed by atoms with Gasteiger partial charge in [0.05, 0.1) is 26.4 Å². The average molecular weight is 479 g/mol. The molecular formula is C25H36F2N4O3. The lowest BCUT2D eigenvalue weighted by Crippen LogP contribution is -2.60. The second-order valence-electron chi connectivity index (χ2n) is 9.98.